The van der Waals surface area contributed by atoms with Crippen molar-refractivity contribution in [1.29, 1.82) is 0 Å². The number of halogens is 1. The van der Waals surface area contributed by atoms with Crippen LogP contribution < -0.4 is 15.9 Å². The summed E-state index contributed by atoms with van der Waals surface area (Å²) in [6, 6.07) is 12.6. The van der Waals surface area contributed by atoms with Crippen LogP contribution in [0, 0.1) is 5.82 Å². The molecular formula is C19H16FN3O6S. The van der Waals surface area contributed by atoms with Crippen molar-refractivity contribution < 1.29 is 27.4 Å². The predicted octanol–water partition coefficient (Wildman–Crippen LogP) is 1.82. The number of rotatable bonds is 4. The first-order chi connectivity index (χ1) is 14.2. The van der Waals surface area contributed by atoms with E-state index in [-0.39, 0.29) is 10.5 Å². The van der Waals surface area contributed by atoms with Crippen molar-refractivity contribution in [3.63, 3.8) is 0 Å². The van der Waals surface area contributed by atoms with E-state index >= 15 is 4.39 Å². The Kier molecular flexibility index (Phi) is 5.56. The highest BCUT2D eigenvalue weighted by molar-refractivity contribution is 7.90. The summed E-state index contributed by atoms with van der Waals surface area (Å²) in [5.41, 5.74) is -2.58. The van der Waals surface area contributed by atoms with Crippen LogP contribution in [0.15, 0.2) is 69.3 Å². The summed E-state index contributed by atoms with van der Waals surface area (Å²) >= 11 is 0. The fraction of sp³-hybridized carbons (Fsp3) is 0.105. The first-order valence-corrected chi connectivity index (χ1v) is 9.86. The van der Waals surface area contributed by atoms with Crippen LogP contribution in [0.2, 0.25) is 0 Å². The predicted molar refractivity (Wildman–Crippen MR) is 104 cm³/mol. The first-order valence-electron chi connectivity index (χ1n) is 8.42. The molecule has 156 valence electrons. The molecule has 0 spiro atoms. The van der Waals surface area contributed by atoms with Gasteiger partial charge >= 0.3 is 11.8 Å². The maximum absolute atomic E-state index is 15.4. The molecule has 0 atom stereocenters. The van der Waals surface area contributed by atoms with Crippen molar-refractivity contribution in [3.05, 3.63) is 76.4 Å². The number of hydrogen-bond acceptors (Lipinski definition) is 5. The Labute approximate surface area is 170 Å². The number of hydrogen-bond donors (Lipinski definition) is 1. The molecule has 0 saturated heterocycles. The molecule has 3 rings (SSSR count). The third kappa shape index (κ3) is 3.62. The summed E-state index contributed by atoms with van der Waals surface area (Å²) in [5.74, 6) is -0.889. The van der Waals surface area contributed by atoms with Crippen molar-refractivity contribution >= 4 is 16.1 Å². The zero-order chi connectivity index (χ0) is 22.1. The highest BCUT2D eigenvalue weighted by Gasteiger charge is 2.28. The van der Waals surface area contributed by atoms with E-state index in [0.717, 1.165) is 7.05 Å². The van der Waals surface area contributed by atoms with Crippen LogP contribution in [0.3, 0.4) is 0 Å². The van der Waals surface area contributed by atoms with Gasteiger partial charge in [0, 0.05) is 12.6 Å². The molecular weight excluding hydrogens is 417 g/mol. The van der Waals surface area contributed by atoms with Gasteiger partial charge < -0.3 is 9.84 Å². The van der Waals surface area contributed by atoms with Crippen molar-refractivity contribution in [3.8, 4) is 17.0 Å². The Morgan fingerprint density at radius 1 is 1.10 bits per heavy atom. The second kappa shape index (κ2) is 7.95. The molecule has 1 amide bonds. The third-order valence-corrected chi connectivity index (χ3v) is 5.92. The summed E-state index contributed by atoms with van der Waals surface area (Å²) in [7, 11) is -2.13. The second-order valence-corrected chi connectivity index (χ2v) is 7.82. The van der Waals surface area contributed by atoms with E-state index in [1.165, 1.54) is 55.6 Å². The minimum atomic E-state index is -4.56. The van der Waals surface area contributed by atoms with E-state index in [9.17, 15) is 18.0 Å². The van der Waals surface area contributed by atoms with Crippen molar-refractivity contribution in [2.45, 2.75) is 4.90 Å². The molecule has 3 aromatic rings. The van der Waals surface area contributed by atoms with Crippen molar-refractivity contribution in [2.24, 2.45) is 12.0 Å². The smallest absolute Gasteiger partial charge is 0.433 e. The molecule has 1 heterocycles. The maximum atomic E-state index is 15.4. The number of aromatic nitrogens is 2. The number of benzene rings is 2. The van der Waals surface area contributed by atoms with E-state index in [1.807, 2.05) is 0 Å². The van der Waals surface area contributed by atoms with Gasteiger partial charge in [0.05, 0.1) is 12.0 Å². The summed E-state index contributed by atoms with van der Waals surface area (Å²) in [4.78, 5) is 26.8. The van der Waals surface area contributed by atoms with E-state index in [2.05, 4.69) is 4.99 Å². The van der Waals surface area contributed by atoms with Gasteiger partial charge in [0.2, 0.25) is 0 Å². The lowest BCUT2D eigenvalue weighted by Crippen LogP contribution is -2.44. The van der Waals surface area contributed by atoms with Gasteiger partial charge in [0.15, 0.2) is 11.3 Å². The minimum Gasteiger partial charge on any atom is -0.497 e. The van der Waals surface area contributed by atoms with Crippen molar-refractivity contribution in [1.82, 2.24) is 8.54 Å². The molecule has 11 heteroatoms. The number of methoxy groups -OCH3 is 1. The summed E-state index contributed by atoms with van der Waals surface area (Å²) < 4.78 is 47.7. The van der Waals surface area contributed by atoms with Crippen LogP contribution in [0.4, 0.5) is 9.18 Å². The first kappa shape index (κ1) is 21.0. The van der Waals surface area contributed by atoms with E-state index < -0.39 is 38.8 Å². The molecule has 1 N–H and O–H groups in total. The average Bonchev–Trinajstić information content (AvgIpc) is 2.74. The molecule has 1 aromatic heterocycles. The topological polar surface area (TPSA) is 120 Å². The molecule has 0 aliphatic heterocycles. The normalized spacial score (nSPS) is 12.0. The van der Waals surface area contributed by atoms with Crippen LogP contribution in [0.1, 0.15) is 0 Å². The lowest BCUT2D eigenvalue weighted by Gasteiger charge is -2.16. The highest BCUT2D eigenvalue weighted by Crippen LogP contribution is 2.24. The molecule has 0 unspecified atom stereocenters. The van der Waals surface area contributed by atoms with Gasteiger partial charge in [-0.2, -0.15) is 8.96 Å². The van der Waals surface area contributed by atoms with Gasteiger partial charge in [-0.1, -0.05) is 30.3 Å². The molecule has 0 aliphatic carbocycles. The molecule has 30 heavy (non-hydrogen) atoms. The van der Waals surface area contributed by atoms with Gasteiger partial charge in [0.1, 0.15) is 11.4 Å². The Balaban J connectivity index is 2.47. The lowest BCUT2D eigenvalue weighted by molar-refractivity contribution is 0.204. The van der Waals surface area contributed by atoms with E-state index in [0.29, 0.717) is 14.3 Å². The van der Waals surface area contributed by atoms with Gasteiger partial charge in [-0.05, 0) is 24.3 Å². The Morgan fingerprint density at radius 2 is 1.70 bits per heavy atom. The van der Waals surface area contributed by atoms with Crippen LogP contribution >= 0.6 is 0 Å². The average molecular weight is 433 g/mol. The molecule has 9 nitrogen and oxygen atoms in total. The lowest BCUT2D eigenvalue weighted by atomic mass is 10.1. The number of ether oxygens (including phenoxy) is 1. The molecule has 0 radical (unpaired) electrons. The summed E-state index contributed by atoms with van der Waals surface area (Å²) in [6.07, 6.45) is -1.74. The number of carboxylic acid groups (broad SMARTS) is 1. The molecule has 0 bridgehead atoms. The Hall–Kier alpha value is -3.73. The molecule has 0 fully saturated rings. The fourth-order valence-corrected chi connectivity index (χ4v) is 4.24. The maximum Gasteiger partial charge on any atom is 0.433 e. The van der Waals surface area contributed by atoms with Crippen LogP contribution in [0.25, 0.3) is 11.3 Å². The number of amides is 1. The second-order valence-electron chi connectivity index (χ2n) is 6.03. The standard InChI is InChI=1S/C19H16FN3O6S/c1-22-17(21-18(24)25)15(20)16(12-6-4-3-5-7-12)23(19(22)26)30(27,28)14-10-8-13(29-2)9-11-14/h3-11H,1-2H3,(H,24,25). The largest absolute Gasteiger partial charge is 0.497 e. The minimum absolute atomic E-state index is 0.0478. The zero-order valence-corrected chi connectivity index (χ0v) is 16.6. The van der Waals surface area contributed by atoms with Crippen LogP contribution in [-0.4, -0.2) is 35.3 Å². The van der Waals surface area contributed by atoms with Gasteiger partial charge in [-0.25, -0.2) is 22.4 Å². The quantitative estimate of drug-likeness (QED) is 0.670. The van der Waals surface area contributed by atoms with Crippen molar-refractivity contribution in [2.75, 3.05) is 7.11 Å². The SMILES string of the molecule is COc1ccc(S(=O)(=O)n2c(-c3ccccc3)c(F)c(=NC(=O)O)n(C)c2=O)cc1. The Bertz CT molecular complexity index is 1340. The fourth-order valence-electron chi connectivity index (χ4n) is 2.80. The molecule has 0 saturated carbocycles. The van der Waals surface area contributed by atoms with E-state index in [1.54, 1.807) is 6.07 Å². The number of carbonyl (C=O) groups is 1. The zero-order valence-electron chi connectivity index (χ0n) is 15.8. The molecule has 2 aromatic carbocycles. The van der Waals surface area contributed by atoms with Crippen LogP contribution in [-0.2, 0) is 17.1 Å². The third-order valence-electron chi connectivity index (χ3n) is 4.23. The molecule has 0 aliphatic rings. The monoisotopic (exact) mass is 433 g/mol. The van der Waals surface area contributed by atoms with E-state index in [4.69, 9.17) is 9.84 Å². The van der Waals surface area contributed by atoms with Crippen LogP contribution in [0.5, 0.6) is 5.75 Å². The highest BCUT2D eigenvalue weighted by atomic mass is 32.2. The van der Waals surface area contributed by atoms with Gasteiger partial charge in [-0.3, -0.25) is 4.57 Å². The summed E-state index contributed by atoms with van der Waals surface area (Å²) in [6.45, 7) is 0. The Morgan fingerprint density at radius 3 is 2.23 bits per heavy atom. The van der Waals surface area contributed by atoms with Gasteiger partial charge in [-0.15, -0.1) is 0 Å². The van der Waals surface area contributed by atoms with Gasteiger partial charge in [0.25, 0.3) is 10.0 Å². The number of nitrogens with zero attached hydrogens (tertiary/aromatic N) is 3. The summed E-state index contributed by atoms with van der Waals surface area (Å²) in [5, 5.41) is 8.94.